The number of hydrogen-bond acceptors (Lipinski definition) is 5. The highest BCUT2D eigenvalue weighted by Gasteiger charge is 2.29. The average Bonchev–Trinajstić information content (AvgIpc) is 2.47. The Balaban J connectivity index is 2.33. The van der Waals surface area contributed by atoms with E-state index in [1.165, 1.54) is 0 Å². The van der Waals surface area contributed by atoms with Gasteiger partial charge in [0.2, 0.25) is 10.0 Å². The minimum Gasteiger partial charge on any atom is -0.496 e. The molecule has 1 aliphatic heterocycles. The van der Waals surface area contributed by atoms with Gasteiger partial charge in [0.1, 0.15) is 5.75 Å². The summed E-state index contributed by atoms with van der Waals surface area (Å²) in [6.45, 7) is 3.77. The van der Waals surface area contributed by atoms with Crippen molar-refractivity contribution in [3.8, 4) is 5.75 Å². The summed E-state index contributed by atoms with van der Waals surface area (Å²) in [5.74, 6) is 1.55. The van der Waals surface area contributed by atoms with E-state index in [-0.39, 0.29) is 0 Å². The Morgan fingerprint density at radius 2 is 2.24 bits per heavy atom. The summed E-state index contributed by atoms with van der Waals surface area (Å²) in [5.41, 5.74) is 0.848. The SMILES string of the molecule is CNCc1cc(S(=O)(=O)N2CCSC(C)C2)ccc1OC. The standard InChI is InChI=1S/C14H22N2O3S2/c1-11-10-16(6-7-20-11)21(17,18)13-4-5-14(19-3)12(8-13)9-15-2/h4-5,8,11,15H,6-7,9-10H2,1-3H3. The lowest BCUT2D eigenvalue weighted by Gasteiger charge is -2.29. The van der Waals surface area contributed by atoms with Crippen molar-refractivity contribution in [2.24, 2.45) is 0 Å². The van der Waals surface area contributed by atoms with Crippen LogP contribution in [-0.2, 0) is 16.6 Å². The van der Waals surface area contributed by atoms with Gasteiger partial charge in [0.05, 0.1) is 12.0 Å². The number of benzene rings is 1. The summed E-state index contributed by atoms with van der Waals surface area (Å²) in [4.78, 5) is 0.340. The maximum Gasteiger partial charge on any atom is 0.243 e. The number of sulfonamides is 1. The van der Waals surface area contributed by atoms with Gasteiger partial charge < -0.3 is 10.1 Å². The molecular formula is C14H22N2O3S2. The first-order valence-electron chi connectivity index (χ1n) is 6.92. The van der Waals surface area contributed by atoms with E-state index >= 15 is 0 Å². The first-order valence-corrected chi connectivity index (χ1v) is 9.41. The van der Waals surface area contributed by atoms with Crippen LogP contribution in [0.2, 0.25) is 0 Å². The lowest BCUT2D eigenvalue weighted by Crippen LogP contribution is -2.40. The van der Waals surface area contributed by atoms with E-state index in [1.807, 2.05) is 18.8 Å². The molecule has 0 amide bonds. The normalized spacial score (nSPS) is 20.4. The summed E-state index contributed by atoms with van der Waals surface area (Å²) in [6.07, 6.45) is 0. The molecule has 1 aromatic carbocycles. The van der Waals surface area contributed by atoms with Gasteiger partial charge in [-0.3, -0.25) is 0 Å². The van der Waals surface area contributed by atoms with Crippen molar-refractivity contribution < 1.29 is 13.2 Å². The molecule has 1 unspecified atom stereocenters. The van der Waals surface area contributed by atoms with Gasteiger partial charge in [0.25, 0.3) is 0 Å². The Labute approximate surface area is 131 Å². The monoisotopic (exact) mass is 330 g/mol. The molecule has 1 aromatic rings. The van der Waals surface area contributed by atoms with Crippen molar-refractivity contribution in [1.82, 2.24) is 9.62 Å². The van der Waals surface area contributed by atoms with Gasteiger partial charge in [0.15, 0.2) is 0 Å². The Hall–Kier alpha value is -0.760. The van der Waals surface area contributed by atoms with Crippen molar-refractivity contribution >= 4 is 21.8 Å². The van der Waals surface area contributed by atoms with Gasteiger partial charge in [-0.15, -0.1) is 0 Å². The third-order valence-electron chi connectivity index (χ3n) is 3.46. The highest BCUT2D eigenvalue weighted by molar-refractivity contribution is 8.00. The number of methoxy groups -OCH3 is 1. The maximum absolute atomic E-state index is 12.7. The summed E-state index contributed by atoms with van der Waals surface area (Å²) in [6, 6.07) is 5.05. The molecule has 1 fully saturated rings. The molecule has 0 aliphatic carbocycles. The van der Waals surface area contributed by atoms with Crippen LogP contribution < -0.4 is 10.1 Å². The van der Waals surface area contributed by atoms with Gasteiger partial charge in [0, 0.05) is 36.2 Å². The Morgan fingerprint density at radius 1 is 1.48 bits per heavy atom. The number of thioether (sulfide) groups is 1. The van der Waals surface area contributed by atoms with E-state index in [4.69, 9.17) is 4.74 Å². The summed E-state index contributed by atoms with van der Waals surface area (Å²) >= 11 is 1.81. The second-order valence-electron chi connectivity index (χ2n) is 5.05. The molecular weight excluding hydrogens is 308 g/mol. The van der Waals surface area contributed by atoms with Crippen molar-refractivity contribution in [3.05, 3.63) is 23.8 Å². The van der Waals surface area contributed by atoms with Crippen LogP contribution in [0.25, 0.3) is 0 Å². The highest BCUT2D eigenvalue weighted by atomic mass is 32.2. The molecule has 1 N–H and O–H groups in total. The zero-order chi connectivity index (χ0) is 15.5. The second kappa shape index (κ2) is 7.00. The molecule has 0 aromatic heterocycles. The molecule has 0 radical (unpaired) electrons. The van der Waals surface area contributed by atoms with Gasteiger partial charge >= 0.3 is 0 Å². The van der Waals surface area contributed by atoms with E-state index in [0.717, 1.165) is 11.3 Å². The molecule has 5 nitrogen and oxygen atoms in total. The minimum atomic E-state index is -3.42. The average molecular weight is 330 g/mol. The number of ether oxygens (including phenoxy) is 1. The molecule has 1 aliphatic rings. The zero-order valence-corrected chi connectivity index (χ0v) is 14.3. The predicted octanol–water partition coefficient (Wildman–Crippen LogP) is 1.54. The Bertz CT molecular complexity index is 590. The molecule has 0 saturated carbocycles. The summed E-state index contributed by atoms with van der Waals surface area (Å²) in [7, 11) is -0.0110. The molecule has 21 heavy (non-hydrogen) atoms. The van der Waals surface area contributed by atoms with Gasteiger partial charge in [-0.25, -0.2) is 8.42 Å². The third-order valence-corrected chi connectivity index (χ3v) is 6.46. The number of rotatable bonds is 5. The van der Waals surface area contributed by atoms with Gasteiger partial charge in [-0.2, -0.15) is 16.1 Å². The van der Waals surface area contributed by atoms with Crippen LogP contribution >= 0.6 is 11.8 Å². The number of nitrogens with zero attached hydrogens (tertiary/aromatic N) is 1. The fourth-order valence-electron chi connectivity index (χ4n) is 2.40. The molecule has 1 heterocycles. The Kier molecular flexibility index (Phi) is 5.54. The van der Waals surface area contributed by atoms with Crippen molar-refractivity contribution in [2.75, 3.05) is 33.0 Å². The van der Waals surface area contributed by atoms with Crippen molar-refractivity contribution in [2.45, 2.75) is 23.6 Å². The molecule has 0 bridgehead atoms. The quantitative estimate of drug-likeness (QED) is 0.887. The van der Waals surface area contributed by atoms with Crippen LogP contribution in [-0.4, -0.2) is 51.0 Å². The highest BCUT2D eigenvalue weighted by Crippen LogP contribution is 2.27. The summed E-state index contributed by atoms with van der Waals surface area (Å²) in [5, 5.41) is 3.37. The number of nitrogens with one attached hydrogen (secondary N) is 1. The van der Waals surface area contributed by atoms with E-state index in [0.29, 0.717) is 35.5 Å². The Morgan fingerprint density at radius 3 is 2.86 bits per heavy atom. The van der Waals surface area contributed by atoms with Crippen molar-refractivity contribution in [3.63, 3.8) is 0 Å². The largest absolute Gasteiger partial charge is 0.496 e. The molecule has 1 atom stereocenters. The zero-order valence-electron chi connectivity index (χ0n) is 12.6. The summed E-state index contributed by atoms with van der Waals surface area (Å²) < 4.78 is 32.3. The van der Waals surface area contributed by atoms with Gasteiger partial charge in [-0.1, -0.05) is 6.92 Å². The predicted molar refractivity (Wildman–Crippen MR) is 86.4 cm³/mol. The molecule has 0 spiro atoms. The third kappa shape index (κ3) is 3.71. The van der Waals surface area contributed by atoms with E-state index in [1.54, 1.807) is 29.6 Å². The molecule has 2 rings (SSSR count). The fourth-order valence-corrected chi connectivity index (χ4v) is 5.20. The first-order chi connectivity index (χ1) is 9.98. The fraction of sp³-hybridized carbons (Fsp3) is 0.571. The molecule has 7 heteroatoms. The topological polar surface area (TPSA) is 58.6 Å². The maximum atomic E-state index is 12.7. The van der Waals surface area contributed by atoms with Crippen LogP contribution in [0.3, 0.4) is 0 Å². The molecule has 118 valence electrons. The molecule has 1 saturated heterocycles. The van der Waals surface area contributed by atoms with Crippen molar-refractivity contribution in [1.29, 1.82) is 0 Å². The lowest BCUT2D eigenvalue weighted by molar-refractivity contribution is 0.407. The van der Waals surface area contributed by atoms with Crippen LogP contribution in [0.5, 0.6) is 5.75 Å². The van der Waals surface area contributed by atoms with Crippen LogP contribution in [0, 0.1) is 0 Å². The van der Waals surface area contributed by atoms with Gasteiger partial charge in [-0.05, 0) is 25.2 Å². The lowest BCUT2D eigenvalue weighted by atomic mass is 10.2. The second-order valence-corrected chi connectivity index (χ2v) is 8.53. The van der Waals surface area contributed by atoms with Crippen LogP contribution in [0.15, 0.2) is 23.1 Å². The van der Waals surface area contributed by atoms with Crippen LogP contribution in [0.4, 0.5) is 0 Å². The smallest absolute Gasteiger partial charge is 0.243 e. The minimum absolute atomic E-state index is 0.337. The first kappa shape index (κ1) is 16.6. The number of hydrogen-bond donors (Lipinski definition) is 1. The van der Waals surface area contributed by atoms with E-state index in [2.05, 4.69) is 12.2 Å². The van der Waals surface area contributed by atoms with Crippen LogP contribution in [0.1, 0.15) is 12.5 Å². The van der Waals surface area contributed by atoms with E-state index in [9.17, 15) is 8.42 Å². The van der Waals surface area contributed by atoms with E-state index < -0.39 is 10.0 Å².